The molecule has 0 bridgehead atoms. The minimum atomic E-state index is -1.42. The van der Waals surface area contributed by atoms with Crippen molar-refractivity contribution < 1.29 is 9.90 Å². The van der Waals surface area contributed by atoms with Crippen LogP contribution in [-0.4, -0.2) is 59.2 Å². The number of benzene rings is 3. The molecule has 5 aromatic rings. The molecule has 0 spiro atoms. The molecule has 3 heterocycles. The highest BCUT2D eigenvalue weighted by Gasteiger charge is 2.61. The largest absolute Gasteiger partial charge is 0.478 e. The maximum Gasteiger partial charge on any atom is 0.346 e. The zero-order valence-electron chi connectivity index (χ0n) is 24.6. The molecule has 0 radical (unpaired) electrons. The summed E-state index contributed by atoms with van der Waals surface area (Å²) in [6.07, 6.45) is 9.27. The molecule has 0 aliphatic carbocycles. The van der Waals surface area contributed by atoms with E-state index in [0.29, 0.717) is 18.9 Å². The van der Waals surface area contributed by atoms with Crippen LogP contribution in [0.4, 0.5) is 0 Å². The van der Waals surface area contributed by atoms with Gasteiger partial charge in [0.25, 0.3) is 0 Å². The number of hydrogen-bond donors (Lipinski definition) is 2. The lowest BCUT2D eigenvalue weighted by Crippen LogP contribution is -2.55. The number of carboxylic acids is 1. The number of unbranched alkanes of at least 4 members (excludes halogenated alkanes) is 5. The van der Waals surface area contributed by atoms with Gasteiger partial charge in [0.05, 0.1) is 17.4 Å². The first-order valence-corrected chi connectivity index (χ1v) is 15.4. The zero-order valence-corrected chi connectivity index (χ0v) is 24.6. The second-order valence-corrected chi connectivity index (χ2v) is 11.6. The molecule has 2 aromatic heterocycles. The number of carboxylic acid groups (broad SMARTS) is 1. The summed E-state index contributed by atoms with van der Waals surface area (Å²) in [5.41, 5.74) is 3.04. The number of aromatic amines is 1. The molecule has 1 fully saturated rings. The first-order valence-electron chi connectivity index (χ1n) is 15.4. The summed E-state index contributed by atoms with van der Waals surface area (Å²) in [5.74, 6) is -0.867. The van der Waals surface area contributed by atoms with Crippen LogP contribution in [0, 0.1) is 5.92 Å². The smallest absolute Gasteiger partial charge is 0.346 e. The normalized spacial score (nSPS) is 20.6. The van der Waals surface area contributed by atoms with Gasteiger partial charge in [0, 0.05) is 24.6 Å². The van der Waals surface area contributed by atoms with Crippen molar-refractivity contribution >= 4 is 17.0 Å². The Balaban J connectivity index is 1.53. The van der Waals surface area contributed by atoms with E-state index in [1.807, 2.05) is 59.2 Å². The maximum atomic E-state index is 14.1. The Kier molecular flexibility index (Phi) is 8.60. The molecule has 1 saturated heterocycles. The lowest BCUT2D eigenvalue weighted by molar-refractivity contribution is -0.158. The van der Waals surface area contributed by atoms with E-state index in [0.717, 1.165) is 47.8 Å². The lowest BCUT2D eigenvalue weighted by Gasteiger charge is -2.41. The van der Waals surface area contributed by atoms with Gasteiger partial charge in [-0.1, -0.05) is 106 Å². The third-order valence-electron chi connectivity index (χ3n) is 8.98. The van der Waals surface area contributed by atoms with Crippen molar-refractivity contribution in [2.24, 2.45) is 5.92 Å². The second-order valence-electron chi connectivity index (χ2n) is 11.6. The number of H-pyrrole nitrogens is 1. The van der Waals surface area contributed by atoms with Crippen LogP contribution in [0.5, 0.6) is 0 Å². The Morgan fingerprint density at radius 2 is 1.70 bits per heavy atom. The number of imidazole rings is 1. The minimum Gasteiger partial charge on any atom is -0.478 e. The predicted octanol–water partition coefficient (Wildman–Crippen LogP) is 6.27. The van der Waals surface area contributed by atoms with Gasteiger partial charge < -0.3 is 9.67 Å². The van der Waals surface area contributed by atoms with Crippen LogP contribution in [0.15, 0.2) is 85.2 Å². The Hall–Kier alpha value is -4.37. The Morgan fingerprint density at radius 1 is 0.953 bits per heavy atom. The van der Waals surface area contributed by atoms with Crippen LogP contribution < -0.4 is 0 Å². The Morgan fingerprint density at radius 3 is 2.49 bits per heavy atom. The van der Waals surface area contributed by atoms with Gasteiger partial charge in [-0.15, -0.1) is 10.2 Å². The molecule has 9 heteroatoms. The quantitative estimate of drug-likeness (QED) is 0.159. The number of hydrogen-bond acceptors (Lipinski definition) is 6. The van der Waals surface area contributed by atoms with Gasteiger partial charge in [-0.25, -0.2) is 9.78 Å². The van der Waals surface area contributed by atoms with Gasteiger partial charge in [0.15, 0.2) is 0 Å². The highest BCUT2D eigenvalue weighted by Crippen LogP contribution is 2.53. The van der Waals surface area contributed by atoms with Crippen molar-refractivity contribution in [3.05, 3.63) is 96.3 Å². The monoisotopic (exact) mass is 577 g/mol. The molecule has 1 aliphatic rings. The number of aliphatic carboxylic acids is 1. The molecule has 9 nitrogen and oxygen atoms in total. The minimum absolute atomic E-state index is 0.00666. The lowest BCUT2D eigenvalue weighted by atomic mass is 9.75. The highest BCUT2D eigenvalue weighted by atomic mass is 16.4. The van der Waals surface area contributed by atoms with E-state index < -0.39 is 17.6 Å². The summed E-state index contributed by atoms with van der Waals surface area (Å²) >= 11 is 0. The molecule has 3 atom stereocenters. The van der Waals surface area contributed by atoms with Crippen molar-refractivity contribution in [2.75, 3.05) is 13.1 Å². The van der Waals surface area contributed by atoms with Crippen molar-refractivity contribution in [1.29, 1.82) is 0 Å². The summed E-state index contributed by atoms with van der Waals surface area (Å²) in [6.45, 7) is 3.53. The van der Waals surface area contributed by atoms with E-state index >= 15 is 0 Å². The van der Waals surface area contributed by atoms with Gasteiger partial charge in [0.1, 0.15) is 0 Å². The maximum absolute atomic E-state index is 14.1. The fourth-order valence-electron chi connectivity index (χ4n) is 7.12. The van der Waals surface area contributed by atoms with E-state index in [9.17, 15) is 9.90 Å². The van der Waals surface area contributed by atoms with Crippen molar-refractivity contribution in [3.8, 4) is 11.4 Å². The van der Waals surface area contributed by atoms with Gasteiger partial charge in [-0.05, 0) is 47.2 Å². The molecule has 6 rings (SSSR count). The summed E-state index contributed by atoms with van der Waals surface area (Å²) in [4.78, 5) is 21.0. The number of likely N-dealkylation sites (tertiary alicyclic amines) is 1. The molecule has 2 N–H and O–H groups in total. The number of nitrogens with zero attached hydrogens (tertiary/aromatic N) is 6. The van der Waals surface area contributed by atoms with Gasteiger partial charge in [-0.2, -0.15) is 5.21 Å². The predicted molar refractivity (Wildman–Crippen MR) is 166 cm³/mol. The Labute approximate surface area is 252 Å². The molecular formula is C34H39N7O2. The summed E-state index contributed by atoms with van der Waals surface area (Å²) in [5, 5.41) is 26.6. The van der Waals surface area contributed by atoms with Crippen LogP contribution in [0.3, 0.4) is 0 Å². The van der Waals surface area contributed by atoms with E-state index in [4.69, 9.17) is 4.98 Å². The third-order valence-corrected chi connectivity index (χ3v) is 8.98. The fraction of sp³-hybridized carbons (Fsp3) is 0.382. The van der Waals surface area contributed by atoms with Crippen LogP contribution in [-0.2, 0) is 16.9 Å². The topological polar surface area (TPSA) is 113 Å². The van der Waals surface area contributed by atoms with Crippen LogP contribution in [0.25, 0.3) is 22.4 Å². The van der Waals surface area contributed by atoms with Gasteiger partial charge >= 0.3 is 5.97 Å². The molecular weight excluding hydrogens is 538 g/mol. The first-order chi connectivity index (χ1) is 21.1. The van der Waals surface area contributed by atoms with E-state index in [1.54, 1.807) is 6.33 Å². The average molecular weight is 578 g/mol. The van der Waals surface area contributed by atoms with Crippen molar-refractivity contribution in [3.63, 3.8) is 0 Å². The van der Waals surface area contributed by atoms with E-state index in [1.165, 1.54) is 24.8 Å². The molecule has 0 saturated carbocycles. The zero-order chi connectivity index (χ0) is 29.6. The summed E-state index contributed by atoms with van der Waals surface area (Å²) in [6, 6.07) is 26.1. The van der Waals surface area contributed by atoms with Gasteiger partial charge in [-0.3, -0.25) is 4.90 Å². The number of para-hydroxylation sites is 2. The number of carbonyl (C=O) groups is 1. The van der Waals surface area contributed by atoms with Gasteiger partial charge in [0.2, 0.25) is 11.5 Å². The number of fused-ring (bicyclic) bond motifs is 1. The highest BCUT2D eigenvalue weighted by molar-refractivity contribution is 5.84. The standard InChI is InChI=1S/C34H39N7O2/c1-2-3-4-5-6-14-21-40-23-26(22-25-15-8-7-9-16-25)31(27-17-10-11-18-28(27)32-36-38-39-37-32)34(40,33(42)43)41-24-35-29-19-12-13-20-30(29)41/h7-13,15-20,24,26,31H,2-6,14,21-23H2,1H3,(H,42,43)(H,36,37,38,39)/t26?,31?,34-/m1/s1. The fourth-order valence-corrected chi connectivity index (χ4v) is 7.12. The van der Waals surface area contributed by atoms with Crippen LogP contribution >= 0.6 is 0 Å². The number of rotatable bonds is 13. The number of tetrazole rings is 1. The van der Waals surface area contributed by atoms with Crippen molar-refractivity contribution in [1.82, 2.24) is 35.1 Å². The molecule has 43 heavy (non-hydrogen) atoms. The summed E-state index contributed by atoms with van der Waals surface area (Å²) < 4.78 is 1.92. The third kappa shape index (κ3) is 5.45. The number of nitrogens with one attached hydrogen (secondary N) is 1. The number of aromatic nitrogens is 6. The SMILES string of the molecule is CCCCCCCCN1CC(Cc2ccccc2)C(c2ccccc2-c2nn[nH]n2)[C@]1(C(=O)O)n1cnc2ccccc21. The van der Waals surface area contributed by atoms with E-state index in [-0.39, 0.29) is 5.92 Å². The molecule has 2 unspecified atom stereocenters. The second kappa shape index (κ2) is 12.9. The molecule has 0 amide bonds. The van der Waals surface area contributed by atoms with Crippen LogP contribution in [0.2, 0.25) is 0 Å². The average Bonchev–Trinajstić information content (AvgIpc) is 3.78. The molecule has 222 valence electrons. The van der Waals surface area contributed by atoms with Crippen molar-refractivity contribution in [2.45, 2.75) is 63.5 Å². The van der Waals surface area contributed by atoms with Crippen LogP contribution in [0.1, 0.15) is 62.5 Å². The molecule has 1 aliphatic heterocycles. The molecule has 3 aromatic carbocycles. The first kappa shape index (κ1) is 28.7. The Bertz CT molecular complexity index is 1640. The van der Waals surface area contributed by atoms with E-state index in [2.05, 4.69) is 56.7 Å². The summed E-state index contributed by atoms with van der Waals surface area (Å²) in [7, 11) is 0.